The molecule has 15 aromatic rings. The highest BCUT2D eigenvalue weighted by Crippen LogP contribution is 2.38. The van der Waals surface area contributed by atoms with Crippen LogP contribution in [0.3, 0.4) is 0 Å². The highest BCUT2D eigenvalue weighted by atomic mass is 32.1. The molecule has 0 N–H and O–H groups in total. The van der Waals surface area contributed by atoms with Crippen molar-refractivity contribution in [1.82, 2.24) is 52.9 Å². The fourth-order valence-corrected chi connectivity index (χ4v) is 11.9. The van der Waals surface area contributed by atoms with Crippen molar-refractivity contribution >= 4 is 186 Å². The highest BCUT2D eigenvalue weighted by Gasteiger charge is 2.27. The molecule has 0 unspecified atom stereocenters. The quantitative estimate of drug-likeness (QED) is 0.243. The fraction of sp³-hybridized carbons (Fsp3) is 0. The molecule has 0 aliphatic heterocycles. The van der Waals surface area contributed by atoms with Gasteiger partial charge in [0.15, 0.2) is 17.5 Å². The first kappa shape index (κ1) is 42.2. The van der Waals surface area contributed by atoms with Crippen molar-refractivity contribution in [1.29, 1.82) is 0 Å². The van der Waals surface area contributed by atoms with Crippen LogP contribution in [-0.4, -0.2) is 108 Å². The number of fused-ring (bicyclic) bond motifs is 15. The molecule has 7 aromatic heterocycles. The van der Waals surface area contributed by atoms with Crippen molar-refractivity contribution in [2.45, 2.75) is 0 Å². The topological polar surface area (TPSA) is 100 Å². The summed E-state index contributed by atoms with van der Waals surface area (Å²) >= 11 is 1.28. The van der Waals surface area contributed by atoms with Gasteiger partial charge in [-0.05, 0) is 53.9 Å². The summed E-state index contributed by atoms with van der Waals surface area (Å²) in [6.45, 7) is 0. The van der Waals surface area contributed by atoms with Crippen LogP contribution in [-0.2, 0) is 0 Å². The molecule has 322 valence electrons. The summed E-state index contributed by atoms with van der Waals surface area (Å²) in [5.41, 5.74) is 9.33. The van der Waals surface area contributed by atoms with E-state index < -0.39 is 0 Å². The lowest BCUT2D eigenvalue weighted by molar-refractivity contribution is 0.817. The summed E-state index contributed by atoms with van der Waals surface area (Å²) in [4.78, 5) is 15.6. The monoisotopic (exact) mass is 935 g/mol. The van der Waals surface area contributed by atoms with Gasteiger partial charge in [0.2, 0.25) is 0 Å². The SMILES string of the molecule is [B]c1c([B])c([B])c2c(sc3c([B])c([B])c([B])c(-c4nc5n6nc(-c7ccc8c9ccccc9n(-c9ccccc9)c8c7)nc6n6nc(-c7ccc8c9ccccc9n(-c9ccccc9)c8c7)nc6n5n4)c32)c1[B]. The lowest BCUT2D eigenvalue weighted by Crippen LogP contribution is -2.47. The third kappa shape index (κ3) is 5.79. The largest absolute Gasteiger partial charge is 0.309 e. The third-order valence-electron chi connectivity index (χ3n) is 14.1. The number of rotatable bonds is 5. The average Bonchev–Trinajstić information content (AvgIpc) is 4.30. The van der Waals surface area contributed by atoms with E-state index in [-0.39, 0.29) is 49.8 Å². The van der Waals surface area contributed by atoms with E-state index in [0.29, 0.717) is 48.9 Å². The van der Waals surface area contributed by atoms with Gasteiger partial charge in [0.1, 0.15) is 54.9 Å². The smallest absolute Gasteiger partial charge is 0.260 e. The van der Waals surface area contributed by atoms with Crippen LogP contribution in [0.4, 0.5) is 0 Å². The van der Waals surface area contributed by atoms with Crippen molar-refractivity contribution < 1.29 is 0 Å². The first-order valence-corrected chi connectivity index (χ1v) is 24.0. The molecule has 0 saturated heterocycles. The molecule has 73 heavy (non-hydrogen) atoms. The van der Waals surface area contributed by atoms with Crippen LogP contribution in [0.5, 0.6) is 0 Å². The van der Waals surface area contributed by atoms with E-state index in [0.717, 1.165) is 66.1 Å². The molecule has 15 rings (SSSR count). The van der Waals surface area contributed by atoms with Gasteiger partial charge in [-0.2, -0.15) is 28.5 Å². The van der Waals surface area contributed by atoms with E-state index in [1.54, 1.807) is 13.5 Å². The molecule has 0 atom stereocenters. The average molecular weight is 935 g/mol. The molecule has 8 aromatic carbocycles. The maximum Gasteiger partial charge on any atom is 0.260 e. The Morgan fingerprint density at radius 1 is 0.342 bits per heavy atom. The molecule has 0 spiro atoms. The van der Waals surface area contributed by atoms with Gasteiger partial charge in [-0.1, -0.05) is 119 Å². The second kappa shape index (κ2) is 15.2. The lowest BCUT2D eigenvalue weighted by Gasteiger charge is -2.16. The summed E-state index contributed by atoms with van der Waals surface area (Å²) < 4.78 is 10.4. The van der Waals surface area contributed by atoms with Gasteiger partial charge in [-0.25, -0.2) is 0 Å². The lowest BCUT2D eigenvalue weighted by atomic mass is 9.64. The van der Waals surface area contributed by atoms with Crippen molar-refractivity contribution in [3.05, 3.63) is 146 Å². The van der Waals surface area contributed by atoms with Crippen molar-refractivity contribution in [3.63, 3.8) is 0 Å². The standard InChI is InChI=1S/C54H24B7N11S/c55-40-38-37-39(41(56)43(58)45(60)47(37)73-48(38)46(61)44(59)42(40)57)51-64-54-71-52(62-49(66-71)25-19-21-31-29-15-7-9-17-33(29)68(35(31)23-25)27-11-3-1-4-12-27)70-53(72(54)67-51)63-50(65-70)26-20-22-32-30-16-8-10-18-34(30)69(36(32)24-26)28-13-5-2-6-14-28/h1-24H. The first-order valence-electron chi connectivity index (χ1n) is 23.2. The van der Waals surface area contributed by atoms with E-state index in [1.807, 2.05) is 48.5 Å². The number of aromatic nitrogens is 11. The predicted molar refractivity (Wildman–Crippen MR) is 302 cm³/mol. The van der Waals surface area contributed by atoms with Gasteiger partial charge < -0.3 is 9.13 Å². The normalized spacial score (nSPS) is 12.2. The Morgan fingerprint density at radius 3 is 1.25 bits per heavy atom. The molecule has 11 nitrogen and oxygen atoms in total. The Labute approximate surface area is 427 Å². The van der Waals surface area contributed by atoms with Crippen LogP contribution < -0.4 is 38.2 Å². The molecule has 0 aliphatic carbocycles. The highest BCUT2D eigenvalue weighted by molar-refractivity contribution is 7.28. The number of benzene rings is 8. The molecule has 7 heterocycles. The fourth-order valence-electron chi connectivity index (χ4n) is 10.6. The van der Waals surface area contributed by atoms with E-state index >= 15 is 0 Å². The van der Waals surface area contributed by atoms with Gasteiger partial charge in [0, 0.05) is 64.4 Å². The van der Waals surface area contributed by atoms with Crippen molar-refractivity contribution in [2.75, 3.05) is 0 Å². The van der Waals surface area contributed by atoms with Crippen LogP contribution in [0.2, 0.25) is 0 Å². The summed E-state index contributed by atoms with van der Waals surface area (Å²) in [6, 6.07) is 49.8. The van der Waals surface area contributed by atoms with Gasteiger partial charge in [0.05, 0.1) is 22.1 Å². The van der Waals surface area contributed by atoms with Crippen LogP contribution in [0.1, 0.15) is 0 Å². The maximum atomic E-state index is 6.96. The molecule has 19 heteroatoms. The predicted octanol–water partition coefficient (Wildman–Crippen LogP) is 3.93. The molecular formula is C54H24B7N11S. The zero-order valence-electron chi connectivity index (χ0n) is 38.2. The number of hydrogen-bond donors (Lipinski definition) is 0. The summed E-state index contributed by atoms with van der Waals surface area (Å²) in [5, 5.41) is 20.9. The summed E-state index contributed by atoms with van der Waals surface area (Å²) in [7, 11) is 46.6. The number of hydrogen-bond acceptors (Lipinski definition) is 7. The second-order valence-corrected chi connectivity index (χ2v) is 19.1. The van der Waals surface area contributed by atoms with Gasteiger partial charge in [-0.15, -0.1) is 43.0 Å². The van der Waals surface area contributed by atoms with Crippen molar-refractivity contribution in [3.8, 4) is 45.5 Å². The molecule has 0 bridgehead atoms. The van der Waals surface area contributed by atoms with Crippen LogP contribution in [0.25, 0.3) is 127 Å². The Bertz CT molecular complexity index is 4670. The first-order chi connectivity index (χ1) is 35.6. The van der Waals surface area contributed by atoms with Gasteiger partial charge in [0.25, 0.3) is 17.3 Å². The molecule has 0 fully saturated rings. The minimum Gasteiger partial charge on any atom is -0.309 e. The Morgan fingerprint density at radius 2 is 0.740 bits per heavy atom. The number of nitrogens with zero attached hydrogens (tertiary/aromatic N) is 11. The molecule has 0 saturated carbocycles. The van der Waals surface area contributed by atoms with Gasteiger partial charge >= 0.3 is 0 Å². The summed E-state index contributed by atoms with van der Waals surface area (Å²) in [6.07, 6.45) is 0. The zero-order chi connectivity index (χ0) is 49.1. The molecular weight excluding hydrogens is 910 g/mol. The van der Waals surface area contributed by atoms with E-state index in [4.69, 9.17) is 85.2 Å². The minimum absolute atomic E-state index is 0.131. The van der Waals surface area contributed by atoms with Gasteiger partial charge in [-0.3, -0.25) is 0 Å². The van der Waals surface area contributed by atoms with E-state index in [9.17, 15) is 0 Å². The Hall–Kier alpha value is -8.55. The van der Waals surface area contributed by atoms with E-state index in [2.05, 4.69) is 106 Å². The van der Waals surface area contributed by atoms with Crippen LogP contribution >= 0.6 is 11.3 Å². The number of thiophene rings is 1. The Balaban J connectivity index is 1.01. The van der Waals surface area contributed by atoms with Crippen LogP contribution in [0, 0.1) is 0 Å². The molecule has 0 aliphatic rings. The maximum absolute atomic E-state index is 6.96. The Kier molecular flexibility index (Phi) is 8.80. The van der Waals surface area contributed by atoms with Crippen LogP contribution in [0.15, 0.2) is 146 Å². The van der Waals surface area contributed by atoms with Crippen molar-refractivity contribution in [2.24, 2.45) is 0 Å². The number of para-hydroxylation sites is 4. The molecule has 0 amide bonds. The van der Waals surface area contributed by atoms with E-state index in [1.165, 1.54) is 11.3 Å². The zero-order valence-corrected chi connectivity index (χ0v) is 39.0. The minimum atomic E-state index is 0.131. The summed E-state index contributed by atoms with van der Waals surface area (Å²) in [5.74, 6) is 1.88. The second-order valence-electron chi connectivity index (χ2n) is 18.1. The third-order valence-corrected chi connectivity index (χ3v) is 15.3. The molecule has 14 radical (unpaired) electrons.